The van der Waals surface area contributed by atoms with Crippen LogP contribution in [0.1, 0.15) is 10.4 Å². The Bertz CT molecular complexity index is 963. The van der Waals surface area contributed by atoms with Crippen LogP contribution in [0.2, 0.25) is 15.3 Å². The Morgan fingerprint density at radius 2 is 1.69 bits per heavy atom. The topological polar surface area (TPSA) is 78.0 Å². The molecule has 1 aromatic carbocycles. The van der Waals surface area contributed by atoms with Crippen molar-refractivity contribution < 1.29 is 4.79 Å². The van der Waals surface area contributed by atoms with Crippen molar-refractivity contribution in [2.75, 3.05) is 31.1 Å². The monoisotopic (exact) mass is 410 g/mol. The SMILES string of the molecule is O=C(c1cc(Cl)cc(Cl)c1)N1CCN(c2nc(Cl)nc3nc[nH]c23)CC1. The van der Waals surface area contributed by atoms with Crippen molar-refractivity contribution >= 4 is 57.7 Å². The Kier molecular flexibility index (Phi) is 4.60. The molecule has 0 bridgehead atoms. The summed E-state index contributed by atoms with van der Waals surface area (Å²) >= 11 is 18.0. The Labute approximate surface area is 163 Å². The molecule has 26 heavy (non-hydrogen) atoms. The molecule has 4 rings (SSSR count). The molecule has 0 aliphatic carbocycles. The molecule has 1 N–H and O–H groups in total. The van der Waals surface area contributed by atoms with E-state index in [4.69, 9.17) is 34.8 Å². The molecular weight excluding hydrogens is 399 g/mol. The molecule has 3 aromatic rings. The van der Waals surface area contributed by atoms with Crippen LogP contribution in [-0.4, -0.2) is 56.9 Å². The van der Waals surface area contributed by atoms with Gasteiger partial charge in [0.05, 0.1) is 6.33 Å². The zero-order valence-corrected chi connectivity index (χ0v) is 15.7. The summed E-state index contributed by atoms with van der Waals surface area (Å²) in [5.74, 6) is 0.594. The van der Waals surface area contributed by atoms with Gasteiger partial charge in [-0.25, -0.2) is 4.98 Å². The quantitative estimate of drug-likeness (QED) is 0.655. The largest absolute Gasteiger partial charge is 0.351 e. The molecule has 0 unspecified atom stereocenters. The molecule has 2 aromatic heterocycles. The lowest BCUT2D eigenvalue weighted by Gasteiger charge is -2.35. The molecule has 134 valence electrons. The highest BCUT2D eigenvalue weighted by Gasteiger charge is 2.25. The number of aromatic amines is 1. The van der Waals surface area contributed by atoms with Crippen LogP contribution in [0.5, 0.6) is 0 Å². The van der Waals surface area contributed by atoms with Crippen LogP contribution >= 0.6 is 34.8 Å². The van der Waals surface area contributed by atoms with Crippen molar-refractivity contribution in [2.45, 2.75) is 0 Å². The number of benzene rings is 1. The number of amides is 1. The number of halogens is 3. The number of aromatic nitrogens is 4. The molecule has 3 heterocycles. The van der Waals surface area contributed by atoms with Gasteiger partial charge < -0.3 is 14.8 Å². The van der Waals surface area contributed by atoms with Gasteiger partial charge in [0.1, 0.15) is 5.52 Å². The molecule has 1 saturated heterocycles. The van der Waals surface area contributed by atoms with E-state index >= 15 is 0 Å². The van der Waals surface area contributed by atoms with Crippen LogP contribution in [0.25, 0.3) is 11.2 Å². The first kappa shape index (κ1) is 17.3. The number of nitrogens with one attached hydrogen (secondary N) is 1. The fourth-order valence-electron chi connectivity index (χ4n) is 3.00. The fraction of sp³-hybridized carbons (Fsp3) is 0.250. The average molecular weight is 412 g/mol. The lowest BCUT2D eigenvalue weighted by atomic mass is 10.2. The number of piperazine rings is 1. The molecule has 10 heteroatoms. The second-order valence-corrected chi connectivity index (χ2v) is 7.07. The summed E-state index contributed by atoms with van der Waals surface area (Å²) in [6.07, 6.45) is 1.56. The van der Waals surface area contributed by atoms with Gasteiger partial charge in [0, 0.05) is 41.8 Å². The first-order valence-electron chi connectivity index (χ1n) is 7.88. The summed E-state index contributed by atoms with van der Waals surface area (Å²) in [4.78, 5) is 32.1. The predicted octanol–water partition coefficient (Wildman–Crippen LogP) is 3.28. The normalized spacial score (nSPS) is 14.9. The maximum absolute atomic E-state index is 12.7. The van der Waals surface area contributed by atoms with Crippen molar-refractivity contribution in [2.24, 2.45) is 0 Å². The van der Waals surface area contributed by atoms with E-state index in [2.05, 4.69) is 24.8 Å². The Hall–Kier alpha value is -2.09. The van der Waals surface area contributed by atoms with Gasteiger partial charge in [0.15, 0.2) is 11.5 Å². The van der Waals surface area contributed by atoms with Crippen molar-refractivity contribution in [1.82, 2.24) is 24.8 Å². The van der Waals surface area contributed by atoms with Crippen molar-refractivity contribution in [3.05, 3.63) is 45.4 Å². The number of H-pyrrole nitrogens is 1. The van der Waals surface area contributed by atoms with Crippen LogP contribution in [0, 0.1) is 0 Å². The third-order valence-corrected chi connectivity index (χ3v) is 4.82. The van der Waals surface area contributed by atoms with E-state index in [-0.39, 0.29) is 11.2 Å². The summed E-state index contributed by atoms with van der Waals surface area (Å²) in [7, 11) is 0. The number of anilines is 1. The highest BCUT2D eigenvalue weighted by atomic mass is 35.5. The Morgan fingerprint density at radius 3 is 2.38 bits per heavy atom. The van der Waals surface area contributed by atoms with E-state index in [1.165, 1.54) is 0 Å². The number of carbonyl (C=O) groups is 1. The third kappa shape index (κ3) is 3.30. The van der Waals surface area contributed by atoms with E-state index in [9.17, 15) is 4.79 Å². The summed E-state index contributed by atoms with van der Waals surface area (Å²) in [5, 5.41) is 1.03. The maximum Gasteiger partial charge on any atom is 0.254 e. The average Bonchev–Trinajstić information content (AvgIpc) is 3.08. The van der Waals surface area contributed by atoms with Crippen LogP contribution in [0.15, 0.2) is 24.5 Å². The fourth-order valence-corrected chi connectivity index (χ4v) is 3.69. The van der Waals surface area contributed by atoms with Gasteiger partial charge in [-0.15, -0.1) is 0 Å². The van der Waals surface area contributed by atoms with Crippen molar-refractivity contribution in [1.29, 1.82) is 0 Å². The van der Waals surface area contributed by atoms with Crippen molar-refractivity contribution in [3.8, 4) is 0 Å². The molecule has 1 aliphatic rings. The molecule has 1 aliphatic heterocycles. The van der Waals surface area contributed by atoms with Crippen LogP contribution in [0.3, 0.4) is 0 Å². The van der Waals surface area contributed by atoms with Crippen molar-refractivity contribution in [3.63, 3.8) is 0 Å². The third-order valence-electron chi connectivity index (χ3n) is 4.22. The van der Waals surface area contributed by atoms with Crippen LogP contribution < -0.4 is 4.90 Å². The van der Waals surface area contributed by atoms with Gasteiger partial charge in [-0.2, -0.15) is 9.97 Å². The van der Waals surface area contributed by atoms with Gasteiger partial charge in [0.25, 0.3) is 5.91 Å². The van der Waals surface area contributed by atoms with E-state index < -0.39 is 0 Å². The molecule has 7 nitrogen and oxygen atoms in total. The number of fused-ring (bicyclic) bond motifs is 1. The molecular formula is C16H13Cl3N6O. The van der Waals surface area contributed by atoms with Gasteiger partial charge in [-0.1, -0.05) is 23.2 Å². The number of nitrogens with zero attached hydrogens (tertiary/aromatic N) is 5. The first-order valence-corrected chi connectivity index (χ1v) is 9.01. The molecule has 0 atom stereocenters. The first-order chi connectivity index (χ1) is 12.5. The maximum atomic E-state index is 12.7. The lowest BCUT2D eigenvalue weighted by Crippen LogP contribution is -2.49. The number of hydrogen-bond acceptors (Lipinski definition) is 5. The number of imidazole rings is 1. The number of rotatable bonds is 2. The summed E-state index contributed by atoms with van der Waals surface area (Å²) in [6, 6.07) is 4.85. The van der Waals surface area contributed by atoms with Gasteiger partial charge in [0.2, 0.25) is 5.28 Å². The standard InChI is InChI=1S/C16H13Cl3N6O/c17-10-5-9(6-11(18)7-10)15(26)25-3-1-24(2-4-25)14-12-13(21-8-20-12)22-16(19)23-14/h5-8H,1-4H2,(H,20,21,22,23). The van der Waals surface area contributed by atoms with E-state index in [1.54, 1.807) is 29.4 Å². The molecule has 0 saturated carbocycles. The molecule has 0 radical (unpaired) electrons. The zero-order valence-electron chi connectivity index (χ0n) is 13.4. The van der Waals surface area contributed by atoms with Crippen LogP contribution in [0.4, 0.5) is 5.82 Å². The van der Waals surface area contributed by atoms with Gasteiger partial charge in [-0.3, -0.25) is 4.79 Å². The summed E-state index contributed by atoms with van der Waals surface area (Å²) < 4.78 is 0. The summed E-state index contributed by atoms with van der Waals surface area (Å²) in [5.41, 5.74) is 1.74. The summed E-state index contributed by atoms with van der Waals surface area (Å²) in [6.45, 7) is 2.31. The molecule has 1 fully saturated rings. The number of carbonyl (C=O) groups excluding carboxylic acids is 1. The lowest BCUT2D eigenvalue weighted by molar-refractivity contribution is 0.0746. The van der Waals surface area contributed by atoms with E-state index in [1.807, 2.05) is 0 Å². The van der Waals surface area contributed by atoms with Crippen LogP contribution in [-0.2, 0) is 0 Å². The zero-order chi connectivity index (χ0) is 18.3. The molecule has 1 amide bonds. The number of hydrogen-bond donors (Lipinski definition) is 1. The molecule has 0 spiro atoms. The second kappa shape index (κ2) is 6.90. The van der Waals surface area contributed by atoms with Gasteiger partial charge in [-0.05, 0) is 29.8 Å². The smallest absolute Gasteiger partial charge is 0.254 e. The van der Waals surface area contributed by atoms with E-state index in [0.717, 1.165) is 5.52 Å². The minimum Gasteiger partial charge on any atom is -0.351 e. The second-order valence-electron chi connectivity index (χ2n) is 5.85. The minimum absolute atomic E-state index is 0.0959. The highest BCUT2D eigenvalue weighted by Crippen LogP contribution is 2.25. The Balaban J connectivity index is 1.52. The Morgan fingerprint density at radius 1 is 1.00 bits per heavy atom. The predicted molar refractivity (Wildman–Crippen MR) is 101 cm³/mol. The highest BCUT2D eigenvalue weighted by molar-refractivity contribution is 6.35. The minimum atomic E-state index is -0.0959. The van der Waals surface area contributed by atoms with Gasteiger partial charge >= 0.3 is 0 Å². The van der Waals surface area contributed by atoms with E-state index in [0.29, 0.717) is 53.3 Å².